The van der Waals surface area contributed by atoms with Crippen molar-refractivity contribution in [2.45, 2.75) is 13.8 Å². The average molecular weight is 603 g/mol. The maximum absolute atomic E-state index is 13.5. The monoisotopic (exact) mass is 602 g/mol. The Morgan fingerprint density at radius 1 is 0.822 bits per heavy atom. The van der Waals surface area contributed by atoms with E-state index in [1.807, 2.05) is 42.5 Å². The zero-order valence-corrected chi connectivity index (χ0v) is 24.7. The van der Waals surface area contributed by atoms with Gasteiger partial charge < -0.3 is 14.6 Å². The van der Waals surface area contributed by atoms with Crippen LogP contribution in [0.2, 0.25) is 0 Å². The molecule has 0 saturated carbocycles. The largest absolute Gasteiger partial charge is 0.493 e. The number of aromatic nitrogens is 2. The minimum atomic E-state index is -0.724. The van der Waals surface area contributed by atoms with E-state index in [9.17, 15) is 19.5 Å². The molecule has 3 aromatic carbocycles. The molecule has 0 atom stereocenters. The van der Waals surface area contributed by atoms with Gasteiger partial charge in [-0.1, -0.05) is 78.9 Å². The first-order chi connectivity index (χ1) is 21.9. The topological polar surface area (TPSA) is 123 Å². The van der Waals surface area contributed by atoms with E-state index >= 15 is 0 Å². The fourth-order valence-electron chi connectivity index (χ4n) is 4.56. The van der Waals surface area contributed by atoms with Crippen LogP contribution in [0.5, 0.6) is 5.88 Å². The Labute approximate surface area is 259 Å². The number of carbonyl (C=O) groups is 3. The molecule has 2 heterocycles. The zero-order chi connectivity index (χ0) is 31.8. The Kier molecular flexibility index (Phi) is 9.44. The fraction of sp³-hybridized carbons (Fsp3) is 0.114. The molecule has 1 amide bonds. The number of hydrogen-bond donors (Lipinski definition) is 1. The Bertz CT molecular complexity index is 1820. The number of amides is 1. The first-order valence-corrected chi connectivity index (χ1v) is 14.3. The van der Waals surface area contributed by atoms with Gasteiger partial charge in [0.15, 0.2) is 11.4 Å². The summed E-state index contributed by atoms with van der Waals surface area (Å²) in [5, 5.41) is 21.0. The molecule has 1 aliphatic heterocycles. The Morgan fingerprint density at radius 2 is 1.40 bits per heavy atom. The lowest BCUT2D eigenvalue weighted by molar-refractivity contribution is -0.135. The number of aromatic hydroxyl groups is 1. The van der Waals surface area contributed by atoms with Crippen LogP contribution in [-0.2, 0) is 19.1 Å². The SMILES string of the molecule is CCOC(=O)C1=NN(c2ccccc2)C(=O)\C1=C/C=C(/C=C/c1c(C(=O)OCC)nn(-c2ccccc2)c1O)c1ccccc1. The molecule has 0 aliphatic carbocycles. The lowest BCUT2D eigenvalue weighted by Gasteiger charge is -2.10. The molecule has 4 aromatic rings. The van der Waals surface area contributed by atoms with Gasteiger partial charge in [-0.25, -0.2) is 9.59 Å². The Hall–Kier alpha value is -6.03. The molecule has 0 bridgehead atoms. The smallest absolute Gasteiger partial charge is 0.359 e. The van der Waals surface area contributed by atoms with Crippen LogP contribution < -0.4 is 5.01 Å². The van der Waals surface area contributed by atoms with Gasteiger partial charge in [0.05, 0.1) is 35.7 Å². The molecule has 1 N–H and O–H groups in total. The lowest BCUT2D eigenvalue weighted by atomic mass is 10.0. The molecule has 1 aliphatic rings. The number of carbonyl (C=O) groups excluding carboxylic acids is 3. The third-order valence-electron chi connectivity index (χ3n) is 6.68. The number of hydrazone groups is 1. The summed E-state index contributed by atoms with van der Waals surface area (Å²) in [6.45, 7) is 3.59. The van der Waals surface area contributed by atoms with Crippen LogP contribution in [0.15, 0.2) is 120 Å². The van der Waals surface area contributed by atoms with Crippen molar-refractivity contribution in [3.63, 3.8) is 0 Å². The normalized spacial score (nSPS) is 14.2. The van der Waals surface area contributed by atoms with Crippen molar-refractivity contribution in [3.05, 3.63) is 132 Å². The fourth-order valence-corrected chi connectivity index (χ4v) is 4.56. The van der Waals surface area contributed by atoms with E-state index in [1.165, 1.54) is 10.8 Å². The predicted molar refractivity (Wildman–Crippen MR) is 171 cm³/mol. The quantitative estimate of drug-likeness (QED) is 0.139. The third-order valence-corrected chi connectivity index (χ3v) is 6.68. The summed E-state index contributed by atoms with van der Waals surface area (Å²) in [6, 6.07) is 27.0. The van der Waals surface area contributed by atoms with Gasteiger partial charge in [0.2, 0.25) is 5.88 Å². The molecular weight excluding hydrogens is 572 g/mol. The van der Waals surface area contributed by atoms with E-state index in [4.69, 9.17) is 9.47 Å². The van der Waals surface area contributed by atoms with Crippen molar-refractivity contribution in [2.24, 2.45) is 5.10 Å². The highest BCUT2D eigenvalue weighted by molar-refractivity contribution is 6.53. The van der Waals surface area contributed by atoms with Crippen LogP contribution in [0.3, 0.4) is 0 Å². The van der Waals surface area contributed by atoms with Crippen molar-refractivity contribution in [1.29, 1.82) is 0 Å². The molecule has 5 rings (SSSR count). The van der Waals surface area contributed by atoms with Gasteiger partial charge in [-0.2, -0.15) is 19.9 Å². The minimum absolute atomic E-state index is 0.0473. The van der Waals surface area contributed by atoms with E-state index in [0.29, 0.717) is 16.9 Å². The van der Waals surface area contributed by atoms with Crippen molar-refractivity contribution in [2.75, 3.05) is 18.2 Å². The first-order valence-electron chi connectivity index (χ1n) is 14.3. The van der Waals surface area contributed by atoms with E-state index < -0.39 is 17.8 Å². The maximum atomic E-state index is 13.5. The zero-order valence-electron chi connectivity index (χ0n) is 24.7. The molecule has 0 unspecified atom stereocenters. The highest BCUT2D eigenvalue weighted by atomic mass is 16.5. The molecule has 10 heteroatoms. The summed E-state index contributed by atoms with van der Waals surface area (Å²) < 4.78 is 11.7. The molecule has 226 valence electrons. The van der Waals surface area contributed by atoms with Gasteiger partial charge in [-0.3, -0.25) is 4.79 Å². The second-order valence-corrected chi connectivity index (χ2v) is 9.58. The molecule has 1 aromatic heterocycles. The Morgan fingerprint density at radius 3 is 2.02 bits per heavy atom. The van der Waals surface area contributed by atoms with Crippen LogP contribution in [0.4, 0.5) is 5.69 Å². The van der Waals surface area contributed by atoms with Crippen LogP contribution in [0, 0.1) is 0 Å². The number of benzene rings is 3. The summed E-state index contributed by atoms with van der Waals surface area (Å²) in [7, 11) is 0. The van der Waals surface area contributed by atoms with Crippen LogP contribution in [0.1, 0.15) is 35.5 Å². The molecule has 0 spiro atoms. The van der Waals surface area contributed by atoms with Crippen molar-refractivity contribution < 1.29 is 29.0 Å². The number of para-hydroxylation sites is 2. The maximum Gasteiger partial charge on any atom is 0.359 e. The number of ether oxygens (including phenoxy) is 2. The summed E-state index contributed by atoms with van der Waals surface area (Å²) in [6.07, 6.45) is 6.40. The number of anilines is 1. The predicted octanol–water partition coefficient (Wildman–Crippen LogP) is 5.74. The Balaban J connectivity index is 1.60. The van der Waals surface area contributed by atoms with Gasteiger partial charge in [-0.05, 0) is 61.4 Å². The standard InChI is InChI=1S/C35H30N4O6/c1-3-44-34(42)30-28(32(40)38(36-30)26-16-10-6-11-17-26)22-20-25(24-14-8-5-9-15-24)21-23-29-31(35(43)45-4-2)37-39(33(29)41)27-18-12-7-13-19-27/h5-23,40H,3-4H2,1-2H3/b22-20+,25-21-,29-23-. The lowest BCUT2D eigenvalue weighted by Crippen LogP contribution is -2.22. The van der Waals surface area contributed by atoms with Crippen LogP contribution in [-0.4, -0.2) is 51.7 Å². The summed E-state index contributed by atoms with van der Waals surface area (Å²) in [4.78, 5) is 39.2. The molecule has 0 saturated heterocycles. The number of esters is 2. The van der Waals surface area contributed by atoms with Crippen molar-refractivity contribution in [1.82, 2.24) is 9.78 Å². The highest BCUT2D eigenvalue weighted by Crippen LogP contribution is 2.29. The van der Waals surface area contributed by atoms with E-state index in [1.54, 1.807) is 80.6 Å². The van der Waals surface area contributed by atoms with Gasteiger partial charge >= 0.3 is 11.9 Å². The van der Waals surface area contributed by atoms with Gasteiger partial charge in [0.1, 0.15) is 0 Å². The van der Waals surface area contributed by atoms with Crippen molar-refractivity contribution >= 4 is 40.9 Å². The molecule has 0 fully saturated rings. The summed E-state index contributed by atoms with van der Waals surface area (Å²) >= 11 is 0. The van der Waals surface area contributed by atoms with Gasteiger partial charge in [-0.15, -0.1) is 0 Å². The van der Waals surface area contributed by atoms with Gasteiger partial charge in [0, 0.05) is 0 Å². The van der Waals surface area contributed by atoms with E-state index in [-0.39, 0.29) is 41.6 Å². The number of allylic oxidation sites excluding steroid dienone is 4. The van der Waals surface area contributed by atoms with Crippen LogP contribution >= 0.6 is 0 Å². The van der Waals surface area contributed by atoms with E-state index in [2.05, 4.69) is 10.2 Å². The highest BCUT2D eigenvalue weighted by Gasteiger charge is 2.35. The van der Waals surface area contributed by atoms with E-state index in [0.717, 1.165) is 10.6 Å². The summed E-state index contributed by atoms with van der Waals surface area (Å²) in [5.74, 6) is -2.17. The second-order valence-electron chi connectivity index (χ2n) is 9.58. The molecular formula is C35H30N4O6. The summed E-state index contributed by atoms with van der Waals surface area (Å²) in [5.41, 5.74) is 2.41. The third kappa shape index (κ3) is 6.65. The van der Waals surface area contributed by atoms with Crippen LogP contribution in [0.25, 0.3) is 17.3 Å². The average Bonchev–Trinajstić information content (AvgIpc) is 3.58. The first kappa shape index (κ1) is 30.4. The molecule has 45 heavy (non-hydrogen) atoms. The second kappa shape index (κ2) is 14.0. The number of nitrogens with zero attached hydrogens (tertiary/aromatic N) is 4. The minimum Gasteiger partial charge on any atom is -0.493 e. The van der Waals surface area contributed by atoms with Gasteiger partial charge in [0.25, 0.3) is 5.91 Å². The van der Waals surface area contributed by atoms with Crippen molar-refractivity contribution in [3.8, 4) is 11.6 Å². The molecule has 0 radical (unpaired) electrons. The number of rotatable bonds is 10. The number of hydrogen-bond acceptors (Lipinski definition) is 8. The molecule has 10 nitrogen and oxygen atoms in total.